The minimum Gasteiger partial charge on any atom is -0.316 e. The van der Waals surface area contributed by atoms with Gasteiger partial charge >= 0.3 is 24.4 Å². The number of carbonyl (C=O) groups excluding carboxylic acids is 2. The summed E-state index contributed by atoms with van der Waals surface area (Å²) in [6, 6.07) is 2.38. The lowest BCUT2D eigenvalue weighted by Crippen LogP contribution is -2.40. The standard InChI is InChI=1S/C37H48F6N6O6S2/c1-21(18-44-12-10-36(38,39)40)19-56(52,53)48-34(50)46-32-28-6-2-5-23(28)15-25-16-26(17-30(25)32)27-9-8-24-14-22-4-3-7-29(22)33(31(24)27)47-35(51)49-57(54,55)20-45-13-11-37(41,42)43/h14-15,21,26-27,44-45H,2-13,16-20H2,1H3,(H2,46,48,50)(H2,47,49,51). The molecule has 2 aromatic carbocycles. The van der Waals surface area contributed by atoms with Crippen molar-refractivity contribution in [3.8, 4) is 0 Å². The van der Waals surface area contributed by atoms with Gasteiger partial charge in [-0.05, 0) is 133 Å². The first-order chi connectivity index (χ1) is 26.7. The van der Waals surface area contributed by atoms with Crippen LogP contribution in [-0.4, -0.2) is 72.5 Å². The van der Waals surface area contributed by atoms with Crippen LogP contribution in [0.4, 0.5) is 47.3 Å². The molecular weight excluding hydrogens is 803 g/mol. The normalized spacial score (nSPS) is 19.4. The molecule has 0 saturated carbocycles. The highest BCUT2D eigenvalue weighted by atomic mass is 32.2. The van der Waals surface area contributed by atoms with Crippen molar-refractivity contribution in [1.82, 2.24) is 20.1 Å². The van der Waals surface area contributed by atoms with Gasteiger partial charge in [-0.25, -0.2) is 35.9 Å². The fourth-order valence-corrected chi connectivity index (χ4v) is 11.0. The number of amides is 4. The molecule has 0 fully saturated rings. The lowest BCUT2D eigenvalue weighted by molar-refractivity contribution is -0.134. The Labute approximate surface area is 328 Å². The molecule has 4 aliphatic carbocycles. The number of nitrogens with one attached hydrogen (secondary N) is 6. The van der Waals surface area contributed by atoms with Gasteiger partial charge in [0.2, 0.25) is 20.0 Å². The van der Waals surface area contributed by atoms with Crippen LogP contribution in [0.1, 0.15) is 89.5 Å². The highest BCUT2D eigenvalue weighted by Gasteiger charge is 2.40. The first-order valence-electron chi connectivity index (χ1n) is 19.2. The Morgan fingerprint density at radius 2 is 1.26 bits per heavy atom. The van der Waals surface area contributed by atoms with Crippen LogP contribution in [0.2, 0.25) is 0 Å². The number of benzene rings is 2. The smallest absolute Gasteiger partial charge is 0.316 e. The van der Waals surface area contributed by atoms with Crippen LogP contribution in [0.5, 0.6) is 0 Å². The highest BCUT2D eigenvalue weighted by molar-refractivity contribution is 7.90. The van der Waals surface area contributed by atoms with E-state index in [0.717, 1.165) is 83.0 Å². The molecule has 3 unspecified atom stereocenters. The number of rotatable bonds is 15. The number of aryl methyl sites for hydroxylation is 3. The van der Waals surface area contributed by atoms with Gasteiger partial charge in [-0.1, -0.05) is 19.1 Å². The minimum absolute atomic E-state index is 0.0135. The third-order valence-electron chi connectivity index (χ3n) is 11.2. The number of halogens is 6. The zero-order valence-corrected chi connectivity index (χ0v) is 33.1. The molecule has 0 saturated heterocycles. The SMILES string of the molecule is CC(CNCCC(F)(F)F)CS(=O)(=O)NC(=O)Nc1c2c(cc3c1CC(C1CCc4cc5c(c(NC(=O)NS(=O)(=O)CNCCC(F)(F)F)c41)CCC5)C3)CCC2. The molecule has 316 valence electrons. The Kier molecular flexibility index (Phi) is 12.8. The maximum Gasteiger partial charge on any atom is 0.390 e. The van der Waals surface area contributed by atoms with Crippen molar-refractivity contribution < 1.29 is 52.8 Å². The molecular formula is C37H48F6N6O6S2. The zero-order chi connectivity index (χ0) is 41.3. The average molecular weight is 851 g/mol. The molecule has 12 nitrogen and oxygen atoms in total. The summed E-state index contributed by atoms with van der Waals surface area (Å²) >= 11 is 0. The number of anilines is 2. The van der Waals surface area contributed by atoms with Gasteiger partial charge in [0.25, 0.3) is 0 Å². The quantitative estimate of drug-likeness (QED) is 0.0980. The summed E-state index contributed by atoms with van der Waals surface area (Å²) in [6.45, 7) is 0.595. The number of hydrogen-bond acceptors (Lipinski definition) is 8. The van der Waals surface area contributed by atoms with Crippen LogP contribution in [0, 0.1) is 11.8 Å². The molecule has 57 heavy (non-hydrogen) atoms. The highest BCUT2D eigenvalue weighted by Crippen LogP contribution is 2.51. The van der Waals surface area contributed by atoms with Crippen molar-refractivity contribution in [1.29, 1.82) is 0 Å². The minimum atomic E-state index is -4.46. The molecule has 3 atom stereocenters. The van der Waals surface area contributed by atoms with Crippen LogP contribution in [0.25, 0.3) is 0 Å². The van der Waals surface area contributed by atoms with Gasteiger partial charge < -0.3 is 21.3 Å². The number of carbonyl (C=O) groups is 2. The summed E-state index contributed by atoms with van der Waals surface area (Å²) in [7, 11) is -8.45. The van der Waals surface area contributed by atoms with Crippen molar-refractivity contribution in [2.75, 3.05) is 41.9 Å². The summed E-state index contributed by atoms with van der Waals surface area (Å²) in [5.74, 6) is -1.94. The maximum absolute atomic E-state index is 13.3. The number of sulfonamides is 2. The van der Waals surface area contributed by atoms with Crippen molar-refractivity contribution >= 4 is 43.5 Å². The number of alkyl halides is 6. The van der Waals surface area contributed by atoms with Crippen LogP contribution in [0.15, 0.2) is 12.1 Å². The van der Waals surface area contributed by atoms with E-state index in [-0.39, 0.29) is 24.9 Å². The van der Waals surface area contributed by atoms with E-state index in [1.807, 2.05) is 4.72 Å². The summed E-state index contributed by atoms with van der Waals surface area (Å²) < 4.78 is 130. The van der Waals surface area contributed by atoms with E-state index in [2.05, 4.69) is 38.1 Å². The van der Waals surface area contributed by atoms with Gasteiger partial charge in [0.1, 0.15) is 5.88 Å². The Morgan fingerprint density at radius 3 is 1.89 bits per heavy atom. The van der Waals surface area contributed by atoms with E-state index in [4.69, 9.17) is 0 Å². The molecule has 0 radical (unpaired) electrons. The summed E-state index contributed by atoms with van der Waals surface area (Å²) in [6.07, 6.45) is -3.68. The monoisotopic (exact) mass is 850 g/mol. The van der Waals surface area contributed by atoms with Crippen LogP contribution < -0.4 is 30.7 Å². The maximum atomic E-state index is 13.3. The molecule has 6 N–H and O–H groups in total. The van der Waals surface area contributed by atoms with Crippen LogP contribution in [0.3, 0.4) is 0 Å². The fraction of sp³-hybridized carbons (Fsp3) is 0.622. The molecule has 2 aromatic rings. The van der Waals surface area contributed by atoms with E-state index < -0.39 is 81.4 Å². The Hall–Kier alpha value is -3.62. The van der Waals surface area contributed by atoms with Crippen molar-refractivity contribution in [3.63, 3.8) is 0 Å². The molecule has 4 aliphatic rings. The third-order valence-corrected chi connectivity index (χ3v) is 13.8. The van der Waals surface area contributed by atoms with Crippen LogP contribution in [-0.2, 0) is 65.0 Å². The fourth-order valence-electron chi connectivity index (χ4n) is 8.93. The zero-order valence-electron chi connectivity index (χ0n) is 31.4. The predicted octanol–water partition coefficient (Wildman–Crippen LogP) is 5.69. The largest absolute Gasteiger partial charge is 0.390 e. The summed E-state index contributed by atoms with van der Waals surface area (Å²) in [5, 5.41) is 10.5. The lowest BCUT2D eigenvalue weighted by Gasteiger charge is -2.24. The van der Waals surface area contributed by atoms with Crippen molar-refractivity contribution in [2.45, 2.75) is 102 Å². The van der Waals surface area contributed by atoms with Gasteiger partial charge in [-0.3, -0.25) is 0 Å². The van der Waals surface area contributed by atoms with Crippen LogP contribution >= 0.6 is 0 Å². The van der Waals surface area contributed by atoms with Gasteiger partial charge in [-0.2, -0.15) is 26.3 Å². The second kappa shape index (κ2) is 16.9. The second-order valence-electron chi connectivity index (χ2n) is 15.7. The van der Waals surface area contributed by atoms with Gasteiger partial charge in [0.15, 0.2) is 0 Å². The molecule has 0 heterocycles. The van der Waals surface area contributed by atoms with Gasteiger partial charge in [0.05, 0.1) is 18.6 Å². The predicted molar refractivity (Wildman–Crippen MR) is 202 cm³/mol. The molecule has 0 spiro atoms. The number of hydrogen-bond donors (Lipinski definition) is 6. The topological polar surface area (TPSA) is 175 Å². The van der Waals surface area contributed by atoms with Crippen molar-refractivity contribution in [3.05, 3.63) is 56.6 Å². The Balaban J connectivity index is 1.15. The molecule has 4 amide bonds. The Morgan fingerprint density at radius 1 is 0.702 bits per heavy atom. The van der Waals surface area contributed by atoms with E-state index in [1.165, 1.54) is 0 Å². The van der Waals surface area contributed by atoms with E-state index >= 15 is 0 Å². The molecule has 6 rings (SSSR count). The lowest BCUT2D eigenvalue weighted by atomic mass is 9.83. The van der Waals surface area contributed by atoms with Gasteiger partial charge in [-0.15, -0.1) is 0 Å². The second-order valence-corrected chi connectivity index (χ2v) is 19.2. The average Bonchev–Trinajstić information content (AvgIpc) is 3.89. The van der Waals surface area contributed by atoms with Gasteiger partial charge in [0, 0.05) is 24.5 Å². The molecule has 20 heteroatoms. The molecule has 0 aliphatic heterocycles. The van der Waals surface area contributed by atoms with Crippen molar-refractivity contribution in [2.24, 2.45) is 11.8 Å². The van der Waals surface area contributed by atoms with E-state index in [1.54, 1.807) is 6.92 Å². The summed E-state index contributed by atoms with van der Waals surface area (Å²) in [5.41, 5.74) is 9.08. The first-order valence-corrected chi connectivity index (χ1v) is 22.5. The number of fused-ring (bicyclic) bond motifs is 4. The third kappa shape index (κ3) is 11.1. The Bertz CT molecular complexity index is 2090. The first kappa shape index (κ1) is 43.0. The molecule has 0 aromatic heterocycles. The number of urea groups is 2. The van der Waals surface area contributed by atoms with E-state index in [0.29, 0.717) is 37.1 Å². The van der Waals surface area contributed by atoms with E-state index in [9.17, 15) is 52.8 Å². The molecule has 0 bridgehead atoms. The summed E-state index contributed by atoms with van der Waals surface area (Å²) in [4.78, 5) is 26.5.